The Morgan fingerprint density at radius 1 is 1.11 bits per heavy atom. The number of Topliss-reactive ketones (excluding diaryl/α,β-unsaturated/α-hetero) is 1. The Balaban J connectivity index is 1.65. The number of aromatic amines is 1. The Kier molecular flexibility index (Phi) is 3.15. The van der Waals surface area contributed by atoms with Crippen molar-refractivity contribution in [3.8, 4) is 11.6 Å². The third kappa shape index (κ3) is 4.01. The summed E-state index contributed by atoms with van der Waals surface area (Å²) >= 11 is 0. The molecule has 1 saturated heterocycles. The number of amides is 2. The highest BCUT2D eigenvalue weighted by Crippen LogP contribution is 2.31. The van der Waals surface area contributed by atoms with Gasteiger partial charge in [-0.05, 0) is 19.0 Å². The van der Waals surface area contributed by atoms with Gasteiger partial charge in [0.1, 0.15) is 5.75 Å². The number of hydrogen-bond acceptors (Lipinski definition) is 7. The van der Waals surface area contributed by atoms with E-state index in [9.17, 15) is 14.4 Å². The molecule has 0 radical (unpaired) electrons. The Hall–Kier alpha value is -4.54. The van der Waals surface area contributed by atoms with Crippen molar-refractivity contribution in [1.82, 2.24) is 34.8 Å². The minimum atomic E-state index is -3.99. The summed E-state index contributed by atoms with van der Waals surface area (Å²) < 4.78 is 107. The standard InChI is InChI=1S/C24H23N7O4/c1-15-3-5-16(6-4-15)23(33)29-9-11-30(12-10-29)24(34)21(32)17-13-25-20-19(17)18(35-2)14-26-22(20)31-8-7-27-28-31/h3-8,13-14,25H,9-12H2,1-2H3/i3D,4D,5D,6D,9D2,10D2,11D2,12D2. The number of methoxy groups -OCH3 is 1. The van der Waals surface area contributed by atoms with E-state index in [4.69, 9.17) is 21.2 Å². The number of hydrogen-bond donors (Lipinski definition) is 1. The SMILES string of the molecule is [2H]c1c([2H])c(C(=O)N2C([2H])([2H])C([2H])([2H])N(C(=O)C(=O)c3c[nH]c4c(-n5ccnn5)ncc(OC)c34)C([2H])([2H])C2([2H])[2H])c([2H])c([2H])c1C. The number of benzene rings is 1. The van der Waals surface area contributed by atoms with Crippen molar-refractivity contribution in [3.63, 3.8) is 0 Å². The molecule has 11 nitrogen and oxygen atoms in total. The van der Waals surface area contributed by atoms with Gasteiger partial charge in [-0.15, -0.1) is 5.10 Å². The van der Waals surface area contributed by atoms with Crippen molar-refractivity contribution in [2.75, 3.05) is 33.1 Å². The van der Waals surface area contributed by atoms with Crippen LogP contribution in [0.5, 0.6) is 5.75 Å². The third-order valence-electron chi connectivity index (χ3n) is 4.87. The molecule has 0 spiro atoms. The van der Waals surface area contributed by atoms with Crippen LogP contribution in [0.15, 0.2) is 49.0 Å². The van der Waals surface area contributed by atoms with Gasteiger partial charge in [-0.2, -0.15) is 0 Å². The number of nitrogens with zero attached hydrogens (tertiary/aromatic N) is 6. The molecule has 35 heavy (non-hydrogen) atoms. The number of rotatable bonds is 5. The van der Waals surface area contributed by atoms with Gasteiger partial charge < -0.3 is 19.5 Å². The van der Waals surface area contributed by atoms with E-state index in [1.807, 2.05) is 0 Å². The fourth-order valence-electron chi connectivity index (χ4n) is 3.20. The van der Waals surface area contributed by atoms with Crippen LogP contribution >= 0.6 is 0 Å². The lowest BCUT2D eigenvalue weighted by Crippen LogP contribution is -2.52. The van der Waals surface area contributed by atoms with E-state index >= 15 is 0 Å². The van der Waals surface area contributed by atoms with E-state index in [2.05, 4.69) is 20.3 Å². The molecular formula is C24H23N7O4. The maximum Gasteiger partial charge on any atom is 0.295 e. The number of H-pyrrole nitrogens is 1. The number of carbonyl (C=O) groups excluding carboxylic acids is 3. The highest BCUT2D eigenvalue weighted by Gasteiger charge is 2.31. The molecule has 1 aliphatic rings. The lowest BCUT2D eigenvalue weighted by molar-refractivity contribution is -0.127. The molecule has 4 aromatic rings. The van der Waals surface area contributed by atoms with Gasteiger partial charge in [0.2, 0.25) is 0 Å². The van der Waals surface area contributed by atoms with Crippen LogP contribution in [-0.4, -0.2) is 85.5 Å². The first-order valence-corrected chi connectivity index (χ1v) is 9.89. The Morgan fingerprint density at radius 3 is 2.49 bits per heavy atom. The molecule has 0 saturated carbocycles. The van der Waals surface area contributed by atoms with E-state index in [0.29, 0.717) is 0 Å². The van der Waals surface area contributed by atoms with Gasteiger partial charge in [-0.3, -0.25) is 14.4 Å². The van der Waals surface area contributed by atoms with Crippen molar-refractivity contribution in [2.24, 2.45) is 0 Å². The van der Waals surface area contributed by atoms with Gasteiger partial charge in [0.15, 0.2) is 5.82 Å². The number of nitrogens with one attached hydrogen (secondary N) is 1. The maximum absolute atomic E-state index is 13.8. The van der Waals surface area contributed by atoms with E-state index in [1.165, 1.54) is 37.3 Å². The number of carbonyl (C=O) groups is 3. The normalized spacial score (nSPS) is 24.5. The molecule has 0 bridgehead atoms. The molecule has 0 atom stereocenters. The van der Waals surface area contributed by atoms with Gasteiger partial charge in [0.05, 0.1) is 58.6 Å². The molecule has 0 aliphatic carbocycles. The average molecular weight is 486 g/mol. The van der Waals surface area contributed by atoms with E-state index < -0.39 is 88.7 Å². The van der Waals surface area contributed by atoms with Gasteiger partial charge >= 0.3 is 0 Å². The van der Waals surface area contributed by atoms with Crippen molar-refractivity contribution in [3.05, 3.63) is 65.6 Å². The minimum absolute atomic E-state index is 0.0635. The predicted octanol–water partition coefficient (Wildman–Crippen LogP) is 1.63. The second-order valence-corrected chi connectivity index (χ2v) is 7.01. The van der Waals surface area contributed by atoms with Gasteiger partial charge in [0, 0.05) is 37.7 Å². The molecule has 2 amide bonds. The third-order valence-corrected chi connectivity index (χ3v) is 4.87. The lowest BCUT2D eigenvalue weighted by atomic mass is 10.1. The summed E-state index contributed by atoms with van der Waals surface area (Å²) in [5.74, 6) is -5.58. The van der Waals surface area contributed by atoms with Crippen LogP contribution in [0.25, 0.3) is 16.7 Å². The Labute approximate surface area is 217 Å². The molecule has 1 fully saturated rings. The first-order chi connectivity index (χ1) is 21.7. The molecule has 1 aliphatic heterocycles. The molecule has 11 heteroatoms. The molecule has 0 unspecified atom stereocenters. The van der Waals surface area contributed by atoms with Crippen LogP contribution in [0.3, 0.4) is 0 Å². The number of ketones is 1. The van der Waals surface area contributed by atoms with E-state index in [-0.39, 0.29) is 28.0 Å². The maximum atomic E-state index is 13.8. The van der Waals surface area contributed by atoms with Crippen molar-refractivity contribution >= 4 is 28.5 Å². The number of ether oxygens (including phenoxy) is 1. The molecular weight excluding hydrogens is 450 g/mol. The zero-order valence-corrected chi connectivity index (χ0v) is 18.1. The first-order valence-electron chi connectivity index (χ1n) is 15.9. The summed E-state index contributed by atoms with van der Waals surface area (Å²) in [6, 6.07) is -3.47. The van der Waals surface area contributed by atoms with E-state index in [0.717, 1.165) is 6.20 Å². The fourth-order valence-corrected chi connectivity index (χ4v) is 3.20. The molecule has 5 rings (SSSR count). The summed E-state index contributed by atoms with van der Waals surface area (Å²) in [5, 5.41) is 7.41. The summed E-state index contributed by atoms with van der Waals surface area (Å²) in [6.07, 6.45) is 4.92. The largest absolute Gasteiger partial charge is 0.494 e. The monoisotopic (exact) mass is 485 g/mol. The van der Waals surface area contributed by atoms with Crippen molar-refractivity contribution in [2.45, 2.75) is 6.92 Å². The Morgan fingerprint density at radius 2 is 1.83 bits per heavy atom. The Bertz CT molecular complexity index is 1920. The summed E-state index contributed by atoms with van der Waals surface area (Å²) in [5.41, 5.74) is -1.79. The molecule has 3 aromatic heterocycles. The zero-order chi connectivity index (χ0) is 35.2. The van der Waals surface area contributed by atoms with E-state index in [1.54, 1.807) is 0 Å². The van der Waals surface area contributed by atoms with Crippen LogP contribution in [-0.2, 0) is 4.79 Å². The minimum Gasteiger partial charge on any atom is -0.494 e. The van der Waals surface area contributed by atoms with Crippen LogP contribution in [0.1, 0.15) is 42.7 Å². The zero-order valence-electron chi connectivity index (χ0n) is 30.1. The second-order valence-electron chi connectivity index (χ2n) is 7.01. The second kappa shape index (κ2) is 9.01. The van der Waals surface area contributed by atoms with Gasteiger partial charge in [-0.1, -0.05) is 22.9 Å². The predicted molar refractivity (Wildman–Crippen MR) is 126 cm³/mol. The number of pyridine rings is 1. The van der Waals surface area contributed by atoms with Crippen molar-refractivity contribution < 1.29 is 35.6 Å². The van der Waals surface area contributed by atoms with Crippen LogP contribution in [0.2, 0.25) is 0 Å². The van der Waals surface area contributed by atoms with Crippen LogP contribution in [0.4, 0.5) is 0 Å². The van der Waals surface area contributed by atoms with Crippen molar-refractivity contribution in [1.29, 1.82) is 0 Å². The molecule has 1 N–H and O–H groups in total. The lowest BCUT2D eigenvalue weighted by Gasteiger charge is -2.34. The molecule has 1 aromatic carbocycles. The molecule has 4 heterocycles. The number of aromatic nitrogens is 5. The average Bonchev–Trinajstić information content (AvgIpc) is 3.68. The van der Waals surface area contributed by atoms with Gasteiger partial charge in [-0.25, -0.2) is 9.67 Å². The fraction of sp³-hybridized carbons (Fsp3) is 0.250. The van der Waals surface area contributed by atoms with Crippen LogP contribution < -0.4 is 4.74 Å². The summed E-state index contributed by atoms with van der Waals surface area (Å²) in [7, 11) is 1.22. The van der Waals surface area contributed by atoms with Gasteiger partial charge in [0.25, 0.3) is 17.6 Å². The quantitative estimate of drug-likeness (QED) is 0.336. The summed E-state index contributed by atoms with van der Waals surface area (Å²) in [6.45, 7) is -14.7. The van der Waals surface area contributed by atoms with Crippen LogP contribution in [0, 0.1) is 6.92 Å². The number of piperazine rings is 1. The smallest absolute Gasteiger partial charge is 0.295 e. The molecule has 178 valence electrons. The highest BCUT2D eigenvalue weighted by atomic mass is 16.5. The summed E-state index contributed by atoms with van der Waals surface area (Å²) in [4.78, 5) is 47.0. The first kappa shape index (κ1) is 12.2. The highest BCUT2D eigenvalue weighted by molar-refractivity contribution is 6.45. The number of fused-ring (bicyclic) bond motifs is 1. The topological polar surface area (TPSA) is 126 Å².